The van der Waals surface area contributed by atoms with Crippen molar-refractivity contribution in [2.45, 2.75) is 43.6 Å². The average Bonchev–Trinajstić information content (AvgIpc) is 2.96. The molecular weight excluding hydrogens is 283 g/mol. The Morgan fingerprint density at radius 1 is 1.32 bits per heavy atom. The van der Waals surface area contributed by atoms with Gasteiger partial charge in [-0.3, -0.25) is 0 Å². The van der Waals surface area contributed by atoms with Crippen molar-refractivity contribution in [2.75, 3.05) is 19.7 Å². The smallest absolute Gasteiger partial charge is 0.317 e. The van der Waals surface area contributed by atoms with E-state index in [-0.39, 0.29) is 29.9 Å². The topological polar surface area (TPSA) is 52.6 Å². The normalized spacial score (nSPS) is 23.2. The fourth-order valence-electron chi connectivity index (χ4n) is 3.61. The second-order valence-corrected chi connectivity index (χ2v) is 6.47. The maximum atomic E-state index is 13.1. The van der Waals surface area contributed by atoms with E-state index in [0.717, 1.165) is 37.7 Å². The molecule has 0 aromatic heterocycles. The van der Waals surface area contributed by atoms with Gasteiger partial charge in [-0.05, 0) is 43.4 Å². The first-order valence-electron chi connectivity index (χ1n) is 8.06. The van der Waals surface area contributed by atoms with Gasteiger partial charge in [0.2, 0.25) is 0 Å². The zero-order valence-electron chi connectivity index (χ0n) is 12.7. The molecule has 120 valence electrons. The largest absolute Gasteiger partial charge is 0.394 e. The number of carbonyl (C=O) groups excluding carboxylic acids is 1. The van der Waals surface area contributed by atoms with Crippen molar-refractivity contribution in [1.82, 2.24) is 10.2 Å². The van der Waals surface area contributed by atoms with E-state index in [1.807, 2.05) is 12.1 Å². The Kier molecular flexibility index (Phi) is 4.34. The Labute approximate surface area is 130 Å². The van der Waals surface area contributed by atoms with Crippen molar-refractivity contribution in [3.63, 3.8) is 0 Å². The molecule has 2 amide bonds. The van der Waals surface area contributed by atoms with E-state index < -0.39 is 0 Å². The van der Waals surface area contributed by atoms with Crippen LogP contribution in [0, 0.1) is 5.82 Å². The van der Waals surface area contributed by atoms with Gasteiger partial charge in [0.25, 0.3) is 0 Å². The Hall–Kier alpha value is -1.62. The van der Waals surface area contributed by atoms with Gasteiger partial charge < -0.3 is 15.3 Å². The molecule has 1 aromatic rings. The van der Waals surface area contributed by atoms with Crippen molar-refractivity contribution in [3.8, 4) is 0 Å². The number of nitrogens with one attached hydrogen (secondary N) is 1. The van der Waals surface area contributed by atoms with Gasteiger partial charge in [0.15, 0.2) is 0 Å². The zero-order valence-corrected chi connectivity index (χ0v) is 12.7. The second-order valence-electron chi connectivity index (χ2n) is 6.47. The lowest BCUT2D eigenvalue weighted by atomic mass is 9.64. The zero-order chi connectivity index (χ0) is 15.6. The van der Waals surface area contributed by atoms with E-state index >= 15 is 0 Å². The van der Waals surface area contributed by atoms with Crippen LogP contribution in [0.2, 0.25) is 0 Å². The number of nitrogens with zero attached hydrogens (tertiary/aromatic N) is 1. The predicted molar refractivity (Wildman–Crippen MR) is 82.1 cm³/mol. The van der Waals surface area contributed by atoms with Gasteiger partial charge in [0.1, 0.15) is 5.82 Å². The first-order valence-corrected chi connectivity index (χ1v) is 8.06. The number of benzene rings is 1. The summed E-state index contributed by atoms with van der Waals surface area (Å²) in [5.41, 5.74) is 1.04. The lowest BCUT2D eigenvalue weighted by Gasteiger charge is -2.43. The van der Waals surface area contributed by atoms with E-state index in [0.29, 0.717) is 13.1 Å². The van der Waals surface area contributed by atoms with Crippen molar-refractivity contribution in [1.29, 1.82) is 0 Å². The summed E-state index contributed by atoms with van der Waals surface area (Å²) in [4.78, 5) is 14.1. The molecule has 0 bridgehead atoms. The molecule has 1 aromatic carbocycles. The Morgan fingerprint density at radius 2 is 2.05 bits per heavy atom. The standard InChI is InChI=1S/C17H23FN2O2/c18-14-6-4-13(5-7-14)17(8-2-9-17)12-19-16(22)20-10-1-3-15(20)11-21/h4-7,15,21H,1-3,8-12H2,(H,19,22). The Bertz CT molecular complexity index is 528. The summed E-state index contributed by atoms with van der Waals surface area (Å²) >= 11 is 0. The third kappa shape index (κ3) is 2.82. The highest BCUT2D eigenvalue weighted by atomic mass is 19.1. The van der Waals surface area contributed by atoms with Crippen LogP contribution in [-0.4, -0.2) is 41.8 Å². The van der Waals surface area contributed by atoms with Gasteiger partial charge in [-0.1, -0.05) is 18.6 Å². The number of carbonyl (C=O) groups is 1. The minimum atomic E-state index is -0.231. The third-order valence-corrected chi connectivity index (χ3v) is 5.19. The third-order valence-electron chi connectivity index (χ3n) is 5.19. The number of aliphatic hydroxyl groups excluding tert-OH is 1. The number of amides is 2. The minimum absolute atomic E-state index is 0.0243. The van der Waals surface area contributed by atoms with Gasteiger partial charge in [0.05, 0.1) is 12.6 Å². The summed E-state index contributed by atoms with van der Waals surface area (Å²) < 4.78 is 13.1. The van der Waals surface area contributed by atoms with Crippen LogP contribution < -0.4 is 5.32 Å². The fraction of sp³-hybridized carbons (Fsp3) is 0.588. The molecule has 1 aliphatic heterocycles. The summed E-state index contributed by atoms with van der Waals surface area (Å²) in [5.74, 6) is -0.231. The molecule has 2 N–H and O–H groups in total. The van der Waals surface area contributed by atoms with Crippen molar-refractivity contribution in [3.05, 3.63) is 35.6 Å². The van der Waals surface area contributed by atoms with E-state index in [4.69, 9.17) is 0 Å². The predicted octanol–water partition coefficient (Wildman–Crippen LogP) is 2.41. The number of rotatable bonds is 4. The van der Waals surface area contributed by atoms with E-state index in [2.05, 4.69) is 5.32 Å². The highest BCUT2D eigenvalue weighted by molar-refractivity contribution is 5.75. The van der Waals surface area contributed by atoms with Crippen molar-refractivity contribution < 1.29 is 14.3 Å². The molecule has 1 unspecified atom stereocenters. The Morgan fingerprint density at radius 3 is 2.64 bits per heavy atom. The first-order chi connectivity index (χ1) is 10.6. The summed E-state index contributed by atoms with van der Waals surface area (Å²) in [6.07, 6.45) is 4.98. The van der Waals surface area contributed by atoms with Gasteiger partial charge in [-0.15, -0.1) is 0 Å². The molecule has 0 spiro atoms. The first kappa shape index (κ1) is 15.3. The summed E-state index contributed by atoms with van der Waals surface area (Å²) in [6, 6.07) is 6.48. The molecule has 1 atom stereocenters. The quantitative estimate of drug-likeness (QED) is 0.897. The van der Waals surface area contributed by atoms with Crippen LogP contribution in [0.15, 0.2) is 24.3 Å². The van der Waals surface area contributed by atoms with Crippen molar-refractivity contribution >= 4 is 6.03 Å². The van der Waals surface area contributed by atoms with Crippen LogP contribution in [0.5, 0.6) is 0 Å². The molecule has 1 heterocycles. The summed E-state index contributed by atoms with van der Waals surface area (Å²) in [5, 5.41) is 12.3. The second kappa shape index (κ2) is 6.24. The van der Waals surface area contributed by atoms with E-state index in [9.17, 15) is 14.3 Å². The number of hydrogen-bond donors (Lipinski definition) is 2. The highest BCUT2D eigenvalue weighted by Crippen LogP contribution is 2.43. The van der Waals surface area contributed by atoms with Crippen LogP contribution in [0.1, 0.15) is 37.7 Å². The molecule has 3 rings (SSSR count). The van der Waals surface area contributed by atoms with Gasteiger partial charge in [-0.2, -0.15) is 0 Å². The number of likely N-dealkylation sites (tertiary alicyclic amines) is 1. The monoisotopic (exact) mass is 306 g/mol. The summed E-state index contributed by atoms with van der Waals surface area (Å²) in [6.45, 7) is 1.31. The molecule has 5 heteroatoms. The molecule has 0 radical (unpaired) electrons. The van der Waals surface area contributed by atoms with E-state index in [1.54, 1.807) is 4.90 Å². The van der Waals surface area contributed by atoms with Crippen LogP contribution in [0.25, 0.3) is 0 Å². The number of urea groups is 1. The minimum Gasteiger partial charge on any atom is -0.394 e. The van der Waals surface area contributed by atoms with E-state index in [1.165, 1.54) is 12.1 Å². The van der Waals surface area contributed by atoms with Crippen LogP contribution in [-0.2, 0) is 5.41 Å². The molecule has 2 fully saturated rings. The van der Waals surface area contributed by atoms with Gasteiger partial charge in [-0.25, -0.2) is 9.18 Å². The molecule has 22 heavy (non-hydrogen) atoms. The van der Waals surface area contributed by atoms with Crippen LogP contribution in [0.3, 0.4) is 0 Å². The fourth-order valence-corrected chi connectivity index (χ4v) is 3.61. The average molecular weight is 306 g/mol. The lowest BCUT2D eigenvalue weighted by Crippen LogP contribution is -2.50. The molecular formula is C17H23FN2O2. The SMILES string of the molecule is O=C(NCC1(c2ccc(F)cc2)CCC1)N1CCCC1CO. The van der Waals surface area contributed by atoms with Gasteiger partial charge in [0, 0.05) is 18.5 Å². The highest BCUT2D eigenvalue weighted by Gasteiger charge is 2.39. The molecule has 1 saturated carbocycles. The number of aliphatic hydroxyl groups is 1. The van der Waals surface area contributed by atoms with Crippen molar-refractivity contribution in [2.24, 2.45) is 0 Å². The lowest BCUT2D eigenvalue weighted by molar-refractivity contribution is 0.151. The maximum absolute atomic E-state index is 13.1. The molecule has 4 nitrogen and oxygen atoms in total. The Balaban J connectivity index is 1.63. The van der Waals surface area contributed by atoms with Crippen LogP contribution in [0.4, 0.5) is 9.18 Å². The summed E-state index contributed by atoms with van der Waals surface area (Å²) in [7, 11) is 0. The molecule has 1 aliphatic carbocycles. The molecule has 1 saturated heterocycles. The van der Waals surface area contributed by atoms with Crippen LogP contribution >= 0.6 is 0 Å². The number of halogens is 1. The maximum Gasteiger partial charge on any atom is 0.317 e. The van der Waals surface area contributed by atoms with Gasteiger partial charge >= 0.3 is 6.03 Å². The molecule has 2 aliphatic rings. The number of hydrogen-bond acceptors (Lipinski definition) is 2.